The largest absolute Gasteiger partial charge is 0.493 e. The van der Waals surface area contributed by atoms with Crippen molar-refractivity contribution in [3.05, 3.63) is 66.0 Å². The minimum Gasteiger partial charge on any atom is -0.493 e. The molecule has 0 unspecified atom stereocenters. The first-order valence-electron chi connectivity index (χ1n) is 8.83. The smallest absolute Gasteiger partial charge is 0.251 e. The van der Waals surface area contributed by atoms with Crippen LogP contribution >= 0.6 is 0 Å². The number of carbonyl (C=O) groups excluding carboxylic acids is 1. The van der Waals surface area contributed by atoms with Crippen LogP contribution in [0.4, 0.5) is 0 Å². The average molecular weight is 381 g/mol. The molecule has 0 aliphatic carbocycles. The Balaban J connectivity index is 1.63. The highest BCUT2D eigenvalue weighted by Gasteiger charge is 2.16. The van der Waals surface area contributed by atoms with Gasteiger partial charge in [0.2, 0.25) is 5.75 Å². The number of ether oxygens (including phenoxy) is 3. The standard InChI is InChI=1S/C21H23N3O4/c1-26-18-11-16(12-19(27-2)20(18)28-3)21(25)22-10-9-15-13-23-24(14-15)17-7-5-4-6-8-17/h4-8,11-14H,9-10H2,1-3H3,(H,22,25). The van der Waals surface area contributed by atoms with Gasteiger partial charge in [0.25, 0.3) is 5.91 Å². The Morgan fingerprint density at radius 2 is 1.71 bits per heavy atom. The van der Waals surface area contributed by atoms with Gasteiger partial charge in [0.1, 0.15) is 0 Å². The van der Waals surface area contributed by atoms with E-state index in [0.29, 0.717) is 35.8 Å². The van der Waals surface area contributed by atoms with E-state index in [9.17, 15) is 4.79 Å². The zero-order chi connectivity index (χ0) is 19.9. The lowest BCUT2D eigenvalue weighted by Gasteiger charge is -2.14. The van der Waals surface area contributed by atoms with E-state index in [1.165, 1.54) is 21.3 Å². The molecular weight excluding hydrogens is 358 g/mol. The maximum absolute atomic E-state index is 12.5. The molecule has 1 amide bonds. The summed E-state index contributed by atoms with van der Waals surface area (Å²) in [5, 5.41) is 7.27. The molecular formula is C21H23N3O4. The normalized spacial score (nSPS) is 10.4. The first-order chi connectivity index (χ1) is 13.7. The lowest BCUT2D eigenvalue weighted by Crippen LogP contribution is -2.25. The van der Waals surface area contributed by atoms with E-state index >= 15 is 0 Å². The Labute approximate surface area is 163 Å². The maximum Gasteiger partial charge on any atom is 0.251 e. The monoisotopic (exact) mass is 381 g/mol. The highest BCUT2D eigenvalue weighted by atomic mass is 16.5. The average Bonchev–Trinajstić information content (AvgIpc) is 3.22. The predicted molar refractivity (Wildman–Crippen MR) is 106 cm³/mol. The zero-order valence-corrected chi connectivity index (χ0v) is 16.1. The molecule has 0 atom stereocenters. The minimum absolute atomic E-state index is 0.213. The number of amides is 1. The topological polar surface area (TPSA) is 74.6 Å². The minimum atomic E-state index is -0.213. The van der Waals surface area contributed by atoms with E-state index in [4.69, 9.17) is 14.2 Å². The summed E-state index contributed by atoms with van der Waals surface area (Å²) in [6.45, 7) is 0.482. The van der Waals surface area contributed by atoms with Crippen molar-refractivity contribution in [2.75, 3.05) is 27.9 Å². The van der Waals surface area contributed by atoms with Gasteiger partial charge < -0.3 is 19.5 Å². The molecule has 0 spiro atoms. The highest BCUT2D eigenvalue weighted by Crippen LogP contribution is 2.38. The third kappa shape index (κ3) is 4.25. The molecule has 0 aliphatic rings. The van der Waals surface area contributed by atoms with Crippen LogP contribution in [0.3, 0.4) is 0 Å². The summed E-state index contributed by atoms with van der Waals surface area (Å²) in [6, 6.07) is 13.1. The number of rotatable bonds is 8. The van der Waals surface area contributed by atoms with E-state index in [1.807, 2.05) is 41.2 Å². The van der Waals surface area contributed by atoms with Gasteiger partial charge in [-0.25, -0.2) is 4.68 Å². The molecule has 1 heterocycles. The van der Waals surface area contributed by atoms with Gasteiger partial charge in [0, 0.05) is 18.3 Å². The molecule has 3 aromatic rings. The number of carbonyl (C=O) groups is 1. The van der Waals surface area contributed by atoms with Crippen LogP contribution < -0.4 is 19.5 Å². The molecule has 7 heteroatoms. The summed E-state index contributed by atoms with van der Waals surface area (Å²) in [5.74, 6) is 1.12. The van der Waals surface area contributed by atoms with Gasteiger partial charge in [-0.05, 0) is 36.2 Å². The number of nitrogens with zero attached hydrogens (tertiary/aromatic N) is 2. The van der Waals surface area contributed by atoms with Crippen molar-refractivity contribution in [3.8, 4) is 22.9 Å². The van der Waals surface area contributed by atoms with Gasteiger partial charge in [-0.1, -0.05) is 18.2 Å². The van der Waals surface area contributed by atoms with Crippen LogP contribution in [0, 0.1) is 0 Å². The van der Waals surface area contributed by atoms with Crippen molar-refractivity contribution < 1.29 is 19.0 Å². The molecule has 146 valence electrons. The Morgan fingerprint density at radius 1 is 1.04 bits per heavy atom. The number of nitrogens with one attached hydrogen (secondary N) is 1. The van der Waals surface area contributed by atoms with Crippen LogP contribution in [-0.4, -0.2) is 43.6 Å². The van der Waals surface area contributed by atoms with Crippen LogP contribution in [0.15, 0.2) is 54.9 Å². The second-order valence-corrected chi connectivity index (χ2v) is 6.05. The molecule has 28 heavy (non-hydrogen) atoms. The number of para-hydroxylation sites is 1. The predicted octanol–water partition coefficient (Wildman–Crippen LogP) is 2.87. The number of benzene rings is 2. The molecule has 2 aromatic carbocycles. The SMILES string of the molecule is COc1cc(C(=O)NCCc2cnn(-c3ccccc3)c2)cc(OC)c1OC. The van der Waals surface area contributed by atoms with Crippen LogP contribution in [-0.2, 0) is 6.42 Å². The Morgan fingerprint density at radius 3 is 2.32 bits per heavy atom. The van der Waals surface area contributed by atoms with Crippen LogP contribution in [0.2, 0.25) is 0 Å². The van der Waals surface area contributed by atoms with Crippen molar-refractivity contribution in [1.29, 1.82) is 0 Å². The van der Waals surface area contributed by atoms with E-state index in [0.717, 1.165) is 11.3 Å². The van der Waals surface area contributed by atoms with Gasteiger partial charge in [-0.2, -0.15) is 5.10 Å². The summed E-state index contributed by atoms with van der Waals surface area (Å²) in [6.07, 6.45) is 4.43. The third-order valence-electron chi connectivity index (χ3n) is 4.28. The Bertz CT molecular complexity index is 913. The van der Waals surface area contributed by atoms with Gasteiger partial charge in [0.15, 0.2) is 11.5 Å². The molecule has 0 bridgehead atoms. The number of hydrogen-bond donors (Lipinski definition) is 1. The summed E-state index contributed by atoms with van der Waals surface area (Å²) in [5.41, 5.74) is 2.47. The van der Waals surface area contributed by atoms with Crippen LogP contribution in [0.5, 0.6) is 17.2 Å². The number of methoxy groups -OCH3 is 3. The molecule has 0 saturated heterocycles. The first-order valence-corrected chi connectivity index (χ1v) is 8.83. The molecule has 7 nitrogen and oxygen atoms in total. The van der Waals surface area contributed by atoms with Gasteiger partial charge in [-0.3, -0.25) is 4.79 Å². The summed E-state index contributed by atoms with van der Waals surface area (Å²) in [7, 11) is 4.56. The Hall–Kier alpha value is -3.48. The number of aromatic nitrogens is 2. The van der Waals surface area contributed by atoms with Crippen LogP contribution in [0.1, 0.15) is 15.9 Å². The molecule has 1 aromatic heterocycles. The molecule has 0 aliphatic heterocycles. The van der Waals surface area contributed by atoms with Crippen molar-refractivity contribution in [1.82, 2.24) is 15.1 Å². The molecule has 0 fully saturated rings. The molecule has 3 rings (SSSR count). The summed E-state index contributed by atoms with van der Waals surface area (Å²) >= 11 is 0. The van der Waals surface area contributed by atoms with Crippen molar-refractivity contribution in [2.45, 2.75) is 6.42 Å². The lowest BCUT2D eigenvalue weighted by molar-refractivity contribution is 0.0953. The van der Waals surface area contributed by atoms with Crippen LogP contribution in [0.25, 0.3) is 5.69 Å². The fourth-order valence-corrected chi connectivity index (χ4v) is 2.85. The highest BCUT2D eigenvalue weighted by molar-refractivity contribution is 5.95. The quantitative estimate of drug-likeness (QED) is 0.649. The third-order valence-corrected chi connectivity index (χ3v) is 4.28. The zero-order valence-electron chi connectivity index (χ0n) is 16.1. The van der Waals surface area contributed by atoms with E-state index in [2.05, 4.69) is 10.4 Å². The first kappa shape index (κ1) is 19.3. The summed E-state index contributed by atoms with van der Waals surface area (Å²) in [4.78, 5) is 12.5. The molecule has 0 saturated carbocycles. The fraction of sp³-hybridized carbons (Fsp3) is 0.238. The summed E-state index contributed by atoms with van der Waals surface area (Å²) < 4.78 is 17.7. The van der Waals surface area contributed by atoms with Gasteiger partial charge in [0.05, 0.1) is 33.2 Å². The Kier molecular flexibility index (Phi) is 6.16. The molecule has 0 radical (unpaired) electrons. The van der Waals surface area contributed by atoms with Crippen molar-refractivity contribution in [3.63, 3.8) is 0 Å². The van der Waals surface area contributed by atoms with E-state index < -0.39 is 0 Å². The van der Waals surface area contributed by atoms with Gasteiger partial charge >= 0.3 is 0 Å². The molecule has 1 N–H and O–H groups in total. The van der Waals surface area contributed by atoms with E-state index in [-0.39, 0.29) is 5.91 Å². The second-order valence-electron chi connectivity index (χ2n) is 6.05. The van der Waals surface area contributed by atoms with Crippen molar-refractivity contribution >= 4 is 5.91 Å². The fourth-order valence-electron chi connectivity index (χ4n) is 2.85. The number of hydrogen-bond acceptors (Lipinski definition) is 5. The van der Waals surface area contributed by atoms with Crippen molar-refractivity contribution in [2.24, 2.45) is 0 Å². The van der Waals surface area contributed by atoms with Gasteiger partial charge in [-0.15, -0.1) is 0 Å². The van der Waals surface area contributed by atoms with E-state index in [1.54, 1.807) is 18.3 Å². The second kappa shape index (κ2) is 8.94. The maximum atomic E-state index is 12.5. The lowest BCUT2D eigenvalue weighted by atomic mass is 10.1.